The maximum absolute atomic E-state index is 8.67. The summed E-state index contributed by atoms with van der Waals surface area (Å²) >= 11 is 0. The van der Waals surface area contributed by atoms with Gasteiger partial charge in [-0.3, -0.25) is 0 Å². The summed E-state index contributed by atoms with van der Waals surface area (Å²) in [6.45, 7) is 0. The van der Waals surface area contributed by atoms with Crippen molar-refractivity contribution in [1.82, 2.24) is 19.7 Å². The first-order chi connectivity index (χ1) is 9.85. The summed E-state index contributed by atoms with van der Waals surface area (Å²) in [5, 5.41) is 12.9. The van der Waals surface area contributed by atoms with E-state index in [1.54, 1.807) is 23.1 Å². The molecule has 0 saturated carbocycles. The first-order valence-electron chi connectivity index (χ1n) is 5.86. The predicted molar refractivity (Wildman–Crippen MR) is 70.4 cm³/mol. The monoisotopic (exact) mass is 263 g/mol. The van der Waals surface area contributed by atoms with Crippen LogP contribution in [0.4, 0.5) is 0 Å². The topological polar surface area (TPSA) is 76.6 Å². The van der Waals surface area contributed by atoms with Gasteiger partial charge in [0.1, 0.15) is 23.8 Å². The van der Waals surface area contributed by atoms with E-state index in [4.69, 9.17) is 10.00 Å². The molecule has 0 aliphatic heterocycles. The highest BCUT2D eigenvalue weighted by atomic mass is 16.5. The first-order valence-corrected chi connectivity index (χ1v) is 5.86. The van der Waals surface area contributed by atoms with Crippen molar-refractivity contribution in [3.05, 3.63) is 60.7 Å². The van der Waals surface area contributed by atoms with E-state index in [-0.39, 0.29) is 6.01 Å². The minimum absolute atomic E-state index is 0.223. The summed E-state index contributed by atoms with van der Waals surface area (Å²) in [5.41, 5.74) is 1.23. The molecule has 1 aromatic carbocycles. The van der Waals surface area contributed by atoms with E-state index in [1.165, 1.54) is 6.20 Å². The van der Waals surface area contributed by atoms with Crippen LogP contribution in [0.25, 0.3) is 5.69 Å². The number of hydrogen-bond acceptors (Lipinski definition) is 5. The zero-order chi connectivity index (χ0) is 13.8. The van der Waals surface area contributed by atoms with E-state index in [0.29, 0.717) is 11.4 Å². The zero-order valence-corrected chi connectivity index (χ0v) is 10.3. The standard InChI is InChI=1S/C14H9N5O/c15-8-11-6-7-13(9-16-11)20-14-17-10-19(18-14)12-4-2-1-3-5-12/h1-7,9-10H. The molecule has 0 aliphatic carbocycles. The van der Waals surface area contributed by atoms with Crippen LogP contribution in [0.5, 0.6) is 11.8 Å². The smallest absolute Gasteiger partial charge is 0.341 e. The molecule has 96 valence electrons. The minimum Gasteiger partial charge on any atom is -0.422 e. The average Bonchev–Trinajstić information content (AvgIpc) is 2.97. The fourth-order valence-electron chi connectivity index (χ4n) is 1.61. The normalized spacial score (nSPS) is 9.95. The summed E-state index contributed by atoms with van der Waals surface area (Å²) < 4.78 is 7.08. The van der Waals surface area contributed by atoms with Crippen LogP contribution >= 0.6 is 0 Å². The first kappa shape index (κ1) is 11.9. The van der Waals surface area contributed by atoms with Crippen molar-refractivity contribution in [3.8, 4) is 23.5 Å². The van der Waals surface area contributed by atoms with Crippen LogP contribution in [-0.4, -0.2) is 19.7 Å². The van der Waals surface area contributed by atoms with Gasteiger partial charge in [0.2, 0.25) is 0 Å². The lowest BCUT2D eigenvalue weighted by Crippen LogP contribution is -1.94. The van der Waals surface area contributed by atoms with Crippen LogP contribution in [0, 0.1) is 11.3 Å². The zero-order valence-electron chi connectivity index (χ0n) is 10.3. The van der Waals surface area contributed by atoms with Gasteiger partial charge in [-0.1, -0.05) is 18.2 Å². The van der Waals surface area contributed by atoms with Crippen LogP contribution in [0.15, 0.2) is 55.0 Å². The van der Waals surface area contributed by atoms with Crippen molar-refractivity contribution in [1.29, 1.82) is 5.26 Å². The lowest BCUT2D eigenvalue weighted by Gasteiger charge is -2.00. The second kappa shape index (κ2) is 5.20. The molecule has 0 amide bonds. The molecular weight excluding hydrogens is 254 g/mol. The maximum atomic E-state index is 8.67. The third-order valence-corrected chi connectivity index (χ3v) is 2.55. The molecule has 0 aliphatic rings. The Balaban J connectivity index is 1.79. The summed E-state index contributed by atoms with van der Waals surface area (Å²) in [7, 11) is 0. The van der Waals surface area contributed by atoms with Gasteiger partial charge in [-0.15, -0.1) is 5.10 Å². The molecule has 6 heteroatoms. The van der Waals surface area contributed by atoms with Gasteiger partial charge in [-0.05, 0) is 24.3 Å². The molecule has 0 atom stereocenters. The Kier molecular flexibility index (Phi) is 3.08. The average molecular weight is 263 g/mol. The highest BCUT2D eigenvalue weighted by Crippen LogP contribution is 2.17. The Hall–Kier alpha value is -3.20. The van der Waals surface area contributed by atoms with Gasteiger partial charge in [-0.2, -0.15) is 10.2 Å². The highest BCUT2D eigenvalue weighted by molar-refractivity contribution is 5.31. The number of hydrogen-bond donors (Lipinski definition) is 0. The largest absolute Gasteiger partial charge is 0.422 e. The van der Waals surface area contributed by atoms with Gasteiger partial charge in [0.15, 0.2) is 0 Å². The Morgan fingerprint density at radius 2 is 1.90 bits per heavy atom. The molecule has 0 spiro atoms. The van der Waals surface area contributed by atoms with E-state index in [9.17, 15) is 0 Å². The Morgan fingerprint density at radius 3 is 2.60 bits per heavy atom. The van der Waals surface area contributed by atoms with Gasteiger partial charge >= 0.3 is 6.01 Å². The summed E-state index contributed by atoms with van der Waals surface area (Å²) in [4.78, 5) is 7.98. The third-order valence-electron chi connectivity index (χ3n) is 2.55. The molecule has 0 bridgehead atoms. The van der Waals surface area contributed by atoms with Crippen molar-refractivity contribution < 1.29 is 4.74 Å². The molecule has 3 aromatic rings. The van der Waals surface area contributed by atoms with Gasteiger partial charge in [0.05, 0.1) is 11.9 Å². The number of nitrogens with zero attached hydrogens (tertiary/aromatic N) is 5. The summed E-state index contributed by atoms with van der Waals surface area (Å²) in [6, 6.07) is 15.0. The molecule has 0 fully saturated rings. The molecule has 0 unspecified atom stereocenters. The van der Waals surface area contributed by atoms with Gasteiger partial charge in [0.25, 0.3) is 0 Å². The number of pyridine rings is 1. The quantitative estimate of drug-likeness (QED) is 0.724. The van der Waals surface area contributed by atoms with E-state index in [2.05, 4.69) is 15.1 Å². The van der Waals surface area contributed by atoms with Gasteiger partial charge < -0.3 is 4.74 Å². The summed E-state index contributed by atoms with van der Waals surface area (Å²) in [5.74, 6) is 0.481. The van der Waals surface area contributed by atoms with E-state index >= 15 is 0 Å². The molecule has 20 heavy (non-hydrogen) atoms. The van der Waals surface area contributed by atoms with E-state index in [0.717, 1.165) is 5.69 Å². The van der Waals surface area contributed by atoms with Gasteiger partial charge in [-0.25, -0.2) is 9.67 Å². The van der Waals surface area contributed by atoms with E-state index < -0.39 is 0 Å². The molecule has 2 heterocycles. The molecule has 0 saturated heterocycles. The number of benzene rings is 1. The van der Waals surface area contributed by atoms with Crippen LogP contribution in [-0.2, 0) is 0 Å². The van der Waals surface area contributed by atoms with Crippen LogP contribution in [0.1, 0.15) is 5.69 Å². The van der Waals surface area contributed by atoms with Crippen molar-refractivity contribution in [2.45, 2.75) is 0 Å². The SMILES string of the molecule is N#Cc1ccc(Oc2ncn(-c3ccccc3)n2)cn1. The molecule has 3 rings (SSSR count). The van der Waals surface area contributed by atoms with Crippen molar-refractivity contribution in [2.75, 3.05) is 0 Å². The van der Waals surface area contributed by atoms with Crippen molar-refractivity contribution in [3.63, 3.8) is 0 Å². The maximum Gasteiger partial charge on any atom is 0.341 e. The molecule has 6 nitrogen and oxygen atoms in total. The van der Waals surface area contributed by atoms with Crippen LogP contribution in [0.2, 0.25) is 0 Å². The number of nitriles is 1. The molecule has 2 aromatic heterocycles. The van der Waals surface area contributed by atoms with Gasteiger partial charge in [0, 0.05) is 0 Å². The van der Waals surface area contributed by atoms with Crippen molar-refractivity contribution >= 4 is 0 Å². The summed E-state index contributed by atoms with van der Waals surface area (Å²) in [6.07, 6.45) is 3.03. The number of ether oxygens (including phenoxy) is 1. The van der Waals surface area contributed by atoms with Crippen LogP contribution in [0.3, 0.4) is 0 Å². The third kappa shape index (κ3) is 2.47. The van der Waals surface area contributed by atoms with Crippen molar-refractivity contribution in [2.24, 2.45) is 0 Å². The van der Waals surface area contributed by atoms with Crippen LogP contribution < -0.4 is 4.74 Å². The molecular formula is C14H9N5O. The minimum atomic E-state index is 0.223. The number of aromatic nitrogens is 4. The number of para-hydroxylation sites is 1. The lowest BCUT2D eigenvalue weighted by molar-refractivity contribution is 0.439. The predicted octanol–water partition coefficient (Wildman–Crippen LogP) is 2.33. The Labute approximate surface area is 114 Å². The fourth-order valence-corrected chi connectivity index (χ4v) is 1.61. The fraction of sp³-hybridized carbons (Fsp3) is 0. The Bertz CT molecular complexity index is 743. The second-order valence-electron chi connectivity index (χ2n) is 3.90. The second-order valence-corrected chi connectivity index (χ2v) is 3.90. The Morgan fingerprint density at radius 1 is 1.05 bits per heavy atom. The number of rotatable bonds is 3. The van der Waals surface area contributed by atoms with E-state index in [1.807, 2.05) is 36.4 Å². The molecule has 0 radical (unpaired) electrons. The highest BCUT2D eigenvalue weighted by Gasteiger charge is 2.05. The molecule has 0 N–H and O–H groups in total. The lowest BCUT2D eigenvalue weighted by atomic mass is 10.3.